The number of esters is 4. The molecule has 0 aromatic heterocycles. The SMILES string of the molecule is CC(=O)O[C@@]1(C)C[C@H](OC(=O)C=C(C)C)[C@@H]2[C@@H](OC(=O)[C@@]2(C)OC(C)=O)[C@H]2[C@@H]1C=C[C@@]2(C)O. The molecule has 3 rings (SSSR count). The lowest BCUT2D eigenvalue weighted by Gasteiger charge is -2.40. The highest BCUT2D eigenvalue weighted by Gasteiger charge is 2.70. The Morgan fingerprint density at radius 1 is 1.06 bits per heavy atom. The van der Waals surface area contributed by atoms with Gasteiger partial charge < -0.3 is 24.1 Å². The Morgan fingerprint density at radius 2 is 1.67 bits per heavy atom. The average molecular weight is 465 g/mol. The molecule has 1 heterocycles. The van der Waals surface area contributed by atoms with Crippen LogP contribution in [0.4, 0.5) is 0 Å². The molecule has 8 atom stereocenters. The zero-order valence-corrected chi connectivity index (χ0v) is 20.0. The first-order valence-electron chi connectivity index (χ1n) is 11.0. The van der Waals surface area contributed by atoms with Gasteiger partial charge in [0.1, 0.15) is 17.8 Å². The third-order valence-corrected chi connectivity index (χ3v) is 6.81. The fraction of sp³-hybridized carbons (Fsp3) is 0.667. The molecule has 0 bridgehead atoms. The van der Waals surface area contributed by atoms with E-state index in [4.69, 9.17) is 18.9 Å². The van der Waals surface area contributed by atoms with Crippen LogP contribution in [-0.4, -0.2) is 58.0 Å². The Kier molecular flexibility index (Phi) is 6.25. The molecular weight excluding hydrogens is 432 g/mol. The van der Waals surface area contributed by atoms with Gasteiger partial charge in [0.05, 0.1) is 11.5 Å². The van der Waals surface area contributed by atoms with Gasteiger partial charge in [0.2, 0.25) is 5.60 Å². The van der Waals surface area contributed by atoms with Gasteiger partial charge in [-0.25, -0.2) is 9.59 Å². The van der Waals surface area contributed by atoms with Crippen LogP contribution in [0.1, 0.15) is 54.9 Å². The molecule has 0 amide bonds. The second-order valence-corrected chi connectivity index (χ2v) is 10.0. The van der Waals surface area contributed by atoms with Crippen molar-refractivity contribution in [3.8, 4) is 0 Å². The normalized spacial score (nSPS) is 41.2. The van der Waals surface area contributed by atoms with Crippen LogP contribution in [0.2, 0.25) is 0 Å². The quantitative estimate of drug-likeness (QED) is 0.288. The van der Waals surface area contributed by atoms with Crippen LogP contribution in [0.3, 0.4) is 0 Å². The van der Waals surface area contributed by atoms with Crippen LogP contribution in [0.25, 0.3) is 0 Å². The number of carbonyl (C=O) groups excluding carboxylic acids is 4. The number of hydrogen-bond acceptors (Lipinski definition) is 9. The monoisotopic (exact) mass is 464 g/mol. The number of fused-ring (bicyclic) bond motifs is 3. The van der Waals surface area contributed by atoms with E-state index in [2.05, 4.69) is 0 Å². The van der Waals surface area contributed by atoms with Gasteiger partial charge in [0, 0.05) is 38.2 Å². The van der Waals surface area contributed by atoms with Gasteiger partial charge in [-0.1, -0.05) is 17.7 Å². The first-order chi connectivity index (χ1) is 15.1. The molecule has 1 aliphatic heterocycles. The van der Waals surface area contributed by atoms with E-state index in [1.54, 1.807) is 39.8 Å². The third-order valence-electron chi connectivity index (χ3n) is 6.81. The van der Waals surface area contributed by atoms with E-state index in [1.807, 2.05) is 0 Å². The zero-order chi connectivity index (χ0) is 24.9. The lowest BCUT2D eigenvalue weighted by Crippen LogP contribution is -2.52. The Bertz CT molecular complexity index is 928. The van der Waals surface area contributed by atoms with Crippen molar-refractivity contribution in [2.45, 2.75) is 83.9 Å². The van der Waals surface area contributed by atoms with Crippen molar-refractivity contribution in [2.24, 2.45) is 17.8 Å². The standard InChI is InChI=1S/C24H32O9/c1-12(2)10-17(27)30-16-11-23(6,32-13(3)25)15-8-9-22(5,29)18(15)20-19(16)24(7,21(28)31-20)33-14(4)26/h8-10,15-16,18-20,29H,11H2,1-7H3/t15-,16-,18+,19+,20-,22+,23-,24-/m0/s1. The minimum absolute atomic E-state index is 0.00513. The summed E-state index contributed by atoms with van der Waals surface area (Å²) in [6, 6.07) is 0. The highest BCUT2D eigenvalue weighted by Crippen LogP contribution is 2.56. The fourth-order valence-electron chi connectivity index (χ4n) is 5.68. The molecule has 9 nitrogen and oxygen atoms in total. The van der Waals surface area contributed by atoms with E-state index in [1.165, 1.54) is 26.8 Å². The Morgan fingerprint density at radius 3 is 2.21 bits per heavy atom. The molecule has 0 unspecified atom stereocenters. The van der Waals surface area contributed by atoms with E-state index in [9.17, 15) is 24.3 Å². The number of ether oxygens (including phenoxy) is 4. The summed E-state index contributed by atoms with van der Waals surface area (Å²) in [5.74, 6) is -4.92. The maximum absolute atomic E-state index is 13.0. The van der Waals surface area contributed by atoms with Crippen LogP contribution in [0.5, 0.6) is 0 Å². The van der Waals surface area contributed by atoms with Gasteiger partial charge in [0.25, 0.3) is 0 Å². The van der Waals surface area contributed by atoms with Gasteiger partial charge in [-0.3, -0.25) is 9.59 Å². The summed E-state index contributed by atoms with van der Waals surface area (Å²) in [7, 11) is 0. The minimum atomic E-state index is -1.77. The Hall–Kier alpha value is -2.68. The van der Waals surface area contributed by atoms with Crippen LogP contribution >= 0.6 is 0 Å². The predicted octanol–water partition coefficient (Wildman–Crippen LogP) is 2.01. The summed E-state index contributed by atoms with van der Waals surface area (Å²) in [5, 5.41) is 11.2. The summed E-state index contributed by atoms with van der Waals surface area (Å²) in [6.45, 7) is 10.6. The second kappa shape index (κ2) is 8.27. The topological polar surface area (TPSA) is 125 Å². The van der Waals surface area contributed by atoms with E-state index >= 15 is 0 Å². The van der Waals surface area contributed by atoms with E-state index < -0.39 is 70.6 Å². The highest BCUT2D eigenvalue weighted by atomic mass is 16.6. The third kappa shape index (κ3) is 4.43. The van der Waals surface area contributed by atoms with Gasteiger partial charge in [-0.05, 0) is 34.6 Å². The molecule has 3 aliphatic rings. The molecule has 0 aromatic carbocycles. The van der Waals surface area contributed by atoms with Crippen molar-refractivity contribution in [1.29, 1.82) is 0 Å². The molecule has 9 heteroatoms. The van der Waals surface area contributed by atoms with Crippen LogP contribution in [0.15, 0.2) is 23.8 Å². The molecule has 0 aromatic rings. The Balaban J connectivity index is 2.19. The summed E-state index contributed by atoms with van der Waals surface area (Å²) >= 11 is 0. The molecule has 1 N–H and O–H groups in total. The van der Waals surface area contributed by atoms with Gasteiger partial charge in [0.15, 0.2) is 0 Å². The van der Waals surface area contributed by atoms with Gasteiger partial charge in [-0.2, -0.15) is 0 Å². The summed E-state index contributed by atoms with van der Waals surface area (Å²) in [5.41, 5.74) is -3.68. The van der Waals surface area contributed by atoms with Crippen LogP contribution in [0, 0.1) is 17.8 Å². The molecule has 2 aliphatic carbocycles. The molecule has 182 valence electrons. The van der Waals surface area contributed by atoms with Crippen molar-refractivity contribution in [3.63, 3.8) is 0 Å². The number of allylic oxidation sites excluding steroid dienone is 1. The van der Waals surface area contributed by atoms with Crippen LogP contribution in [-0.2, 0) is 38.1 Å². The smallest absolute Gasteiger partial charge is 0.351 e. The second-order valence-electron chi connectivity index (χ2n) is 10.0. The molecule has 0 radical (unpaired) electrons. The average Bonchev–Trinajstić information content (AvgIpc) is 3.02. The minimum Gasteiger partial charge on any atom is -0.459 e. The van der Waals surface area contributed by atoms with Crippen molar-refractivity contribution in [1.82, 2.24) is 0 Å². The fourth-order valence-corrected chi connectivity index (χ4v) is 5.68. The van der Waals surface area contributed by atoms with Crippen molar-refractivity contribution in [3.05, 3.63) is 23.8 Å². The lowest BCUT2D eigenvalue weighted by atomic mass is 9.72. The van der Waals surface area contributed by atoms with E-state index in [0.717, 1.165) is 0 Å². The summed E-state index contributed by atoms with van der Waals surface area (Å²) < 4.78 is 22.7. The molecule has 1 saturated heterocycles. The van der Waals surface area contributed by atoms with Crippen molar-refractivity contribution < 1.29 is 43.2 Å². The van der Waals surface area contributed by atoms with Crippen molar-refractivity contribution >= 4 is 23.9 Å². The Labute approximate surface area is 193 Å². The summed E-state index contributed by atoms with van der Waals surface area (Å²) in [4.78, 5) is 49.6. The van der Waals surface area contributed by atoms with E-state index in [0.29, 0.717) is 5.57 Å². The number of rotatable bonds is 4. The summed E-state index contributed by atoms with van der Waals surface area (Å²) in [6.07, 6.45) is 2.64. The maximum atomic E-state index is 13.0. The van der Waals surface area contributed by atoms with Gasteiger partial charge in [-0.15, -0.1) is 0 Å². The van der Waals surface area contributed by atoms with E-state index in [-0.39, 0.29) is 6.42 Å². The molecular formula is C24H32O9. The lowest BCUT2D eigenvalue weighted by molar-refractivity contribution is -0.182. The molecule has 1 saturated carbocycles. The molecule has 33 heavy (non-hydrogen) atoms. The predicted molar refractivity (Wildman–Crippen MR) is 114 cm³/mol. The molecule has 0 spiro atoms. The van der Waals surface area contributed by atoms with Crippen molar-refractivity contribution in [2.75, 3.05) is 0 Å². The zero-order valence-electron chi connectivity index (χ0n) is 20.0. The molecule has 2 fully saturated rings. The first-order valence-corrected chi connectivity index (χ1v) is 11.0. The van der Waals surface area contributed by atoms with Crippen LogP contribution < -0.4 is 0 Å². The first kappa shape index (κ1) is 25.0. The highest BCUT2D eigenvalue weighted by molar-refractivity contribution is 5.86. The van der Waals surface area contributed by atoms with Gasteiger partial charge >= 0.3 is 23.9 Å². The number of aliphatic hydroxyl groups is 1. The maximum Gasteiger partial charge on any atom is 0.351 e. The number of hydrogen-bond donors (Lipinski definition) is 1. The largest absolute Gasteiger partial charge is 0.459 e. The number of carbonyl (C=O) groups is 4.